The lowest BCUT2D eigenvalue weighted by Gasteiger charge is -2.37. The van der Waals surface area contributed by atoms with Crippen molar-refractivity contribution in [1.82, 2.24) is 4.90 Å². The summed E-state index contributed by atoms with van der Waals surface area (Å²) in [4.78, 5) is 13.3. The molecule has 4 nitrogen and oxygen atoms in total. The lowest BCUT2D eigenvalue weighted by molar-refractivity contribution is -0.132. The first-order chi connectivity index (χ1) is 6.86. The van der Waals surface area contributed by atoms with Crippen LogP contribution in [0.1, 0.15) is 33.6 Å². The molecule has 0 aromatic carbocycles. The maximum absolute atomic E-state index is 11.6. The van der Waals surface area contributed by atoms with Crippen LogP contribution in [0.15, 0.2) is 0 Å². The summed E-state index contributed by atoms with van der Waals surface area (Å²) in [5.41, 5.74) is -0.0670. The predicted molar refractivity (Wildman–Crippen MR) is 57.3 cm³/mol. The molecule has 0 aliphatic carbocycles. The van der Waals surface area contributed by atoms with Crippen LogP contribution in [0.5, 0.6) is 0 Å². The quantitative estimate of drug-likeness (QED) is 0.715. The summed E-state index contributed by atoms with van der Waals surface area (Å²) in [6, 6.07) is 0.00662. The lowest BCUT2D eigenvalue weighted by atomic mass is 9.84. The summed E-state index contributed by atoms with van der Waals surface area (Å²) in [7, 11) is 0. The Balaban J connectivity index is 2.76. The van der Waals surface area contributed by atoms with Gasteiger partial charge in [-0.15, -0.1) is 0 Å². The van der Waals surface area contributed by atoms with E-state index in [4.69, 9.17) is 5.11 Å². The van der Waals surface area contributed by atoms with E-state index in [0.29, 0.717) is 13.0 Å². The molecule has 0 radical (unpaired) electrons. The van der Waals surface area contributed by atoms with Crippen molar-refractivity contribution in [2.75, 3.05) is 13.2 Å². The minimum Gasteiger partial charge on any atom is -0.396 e. The van der Waals surface area contributed by atoms with Crippen molar-refractivity contribution in [3.8, 4) is 0 Å². The third kappa shape index (κ3) is 2.92. The molecule has 1 aliphatic rings. The molecular formula is C11H21NO3. The van der Waals surface area contributed by atoms with Crippen molar-refractivity contribution in [1.29, 1.82) is 0 Å². The molecule has 0 spiro atoms. The molecule has 0 saturated carbocycles. The van der Waals surface area contributed by atoms with Gasteiger partial charge in [-0.3, -0.25) is 4.79 Å². The van der Waals surface area contributed by atoms with Gasteiger partial charge in [-0.2, -0.15) is 0 Å². The summed E-state index contributed by atoms with van der Waals surface area (Å²) in [5.74, 6) is -0.00382. The Kier molecular flexibility index (Phi) is 3.73. The zero-order valence-electron chi connectivity index (χ0n) is 9.73. The summed E-state index contributed by atoms with van der Waals surface area (Å²) < 4.78 is 0. The Morgan fingerprint density at radius 1 is 1.53 bits per heavy atom. The van der Waals surface area contributed by atoms with Gasteiger partial charge >= 0.3 is 0 Å². The van der Waals surface area contributed by atoms with Crippen molar-refractivity contribution < 1.29 is 15.0 Å². The molecule has 1 amide bonds. The highest BCUT2D eigenvalue weighted by Crippen LogP contribution is 2.30. The zero-order valence-corrected chi connectivity index (χ0v) is 9.73. The number of likely N-dealkylation sites (tertiary alicyclic amines) is 1. The molecule has 88 valence electrons. The Morgan fingerprint density at radius 3 is 2.47 bits per heavy atom. The van der Waals surface area contributed by atoms with E-state index >= 15 is 0 Å². The largest absolute Gasteiger partial charge is 0.396 e. The number of hydrogen-bond acceptors (Lipinski definition) is 3. The van der Waals surface area contributed by atoms with Gasteiger partial charge in [0.1, 0.15) is 0 Å². The average molecular weight is 215 g/mol. The van der Waals surface area contributed by atoms with Gasteiger partial charge in [0, 0.05) is 19.2 Å². The zero-order chi connectivity index (χ0) is 11.6. The first kappa shape index (κ1) is 12.5. The number of rotatable bonds is 3. The van der Waals surface area contributed by atoms with Gasteiger partial charge in [-0.1, -0.05) is 20.8 Å². The molecule has 1 aliphatic heterocycles. The van der Waals surface area contributed by atoms with Crippen LogP contribution >= 0.6 is 0 Å². The van der Waals surface area contributed by atoms with E-state index in [-0.39, 0.29) is 30.4 Å². The highest BCUT2D eigenvalue weighted by Gasteiger charge is 2.38. The van der Waals surface area contributed by atoms with Crippen LogP contribution < -0.4 is 0 Å². The number of carbonyl (C=O) groups excluding carboxylic acids is 1. The summed E-state index contributed by atoms with van der Waals surface area (Å²) in [6.45, 7) is 6.62. The highest BCUT2D eigenvalue weighted by molar-refractivity contribution is 5.79. The third-order valence-electron chi connectivity index (χ3n) is 2.92. The minimum absolute atomic E-state index is 0.00382. The van der Waals surface area contributed by atoms with Crippen molar-refractivity contribution >= 4 is 5.91 Å². The monoisotopic (exact) mass is 215 g/mol. The van der Waals surface area contributed by atoms with Gasteiger partial charge in [-0.25, -0.2) is 0 Å². The number of aliphatic hydroxyl groups is 2. The van der Waals surface area contributed by atoms with Crippen LogP contribution in [0.4, 0.5) is 0 Å². The molecule has 1 heterocycles. The predicted octanol–water partition coefficient (Wildman–Crippen LogP) is 0.377. The van der Waals surface area contributed by atoms with Crippen LogP contribution in [-0.4, -0.2) is 46.3 Å². The number of amides is 1. The minimum atomic E-state index is -0.541. The van der Waals surface area contributed by atoms with Gasteiger partial charge in [0.2, 0.25) is 5.91 Å². The Hall–Kier alpha value is -0.610. The lowest BCUT2D eigenvalue weighted by Crippen LogP contribution is -2.45. The number of nitrogens with zero attached hydrogens (tertiary/aromatic N) is 1. The van der Waals surface area contributed by atoms with Gasteiger partial charge < -0.3 is 15.1 Å². The molecule has 0 bridgehead atoms. The highest BCUT2D eigenvalue weighted by atomic mass is 16.3. The maximum Gasteiger partial charge on any atom is 0.225 e. The molecule has 1 saturated heterocycles. The van der Waals surface area contributed by atoms with Crippen LogP contribution in [0.2, 0.25) is 0 Å². The van der Waals surface area contributed by atoms with E-state index in [9.17, 15) is 9.90 Å². The second kappa shape index (κ2) is 4.49. The molecule has 4 heteroatoms. The van der Waals surface area contributed by atoms with E-state index < -0.39 is 6.10 Å². The summed E-state index contributed by atoms with van der Waals surface area (Å²) in [6.07, 6.45) is 0.251. The first-order valence-electron chi connectivity index (χ1n) is 5.44. The molecular weight excluding hydrogens is 194 g/mol. The Bertz CT molecular complexity index is 234. The second-order valence-corrected chi connectivity index (χ2v) is 5.30. The molecule has 2 N–H and O–H groups in total. The van der Waals surface area contributed by atoms with E-state index in [0.717, 1.165) is 0 Å². The number of aliphatic hydroxyl groups excluding tert-OH is 2. The van der Waals surface area contributed by atoms with Gasteiger partial charge in [0.15, 0.2) is 0 Å². The average Bonchev–Trinajstić information content (AvgIpc) is 2.39. The maximum atomic E-state index is 11.6. The summed E-state index contributed by atoms with van der Waals surface area (Å²) >= 11 is 0. The molecule has 2 atom stereocenters. The van der Waals surface area contributed by atoms with Crippen LogP contribution in [0, 0.1) is 5.41 Å². The van der Waals surface area contributed by atoms with E-state index in [1.807, 2.05) is 20.8 Å². The van der Waals surface area contributed by atoms with Gasteiger partial charge in [0.05, 0.1) is 12.5 Å². The fourth-order valence-electron chi connectivity index (χ4n) is 2.19. The normalized spacial score (nSPS) is 24.7. The molecule has 2 unspecified atom stereocenters. The number of β-amino-alcohol motifs (C(OH)–C–C–N with tert-alkyl or cyclic N) is 1. The van der Waals surface area contributed by atoms with Crippen molar-refractivity contribution in [3.63, 3.8) is 0 Å². The van der Waals surface area contributed by atoms with Crippen LogP contribution in [0.25, 0.3) is 0 Å². The van der Waals surface area contributed by atoms with Crippen molar-refractivity contribution in [2.24, 2.45) is 5.41 Å². The van der Waals surface area contributed by atoms with Crippen LogP contribution in [-0.2, 0) is 4.79 Å². The van der Waals surface area contributed by atoms with E-state index in [1.54, 1.807) is 4.90 Å². The third-order valence-corrected chi connectivity index (χ3v) is 2.92. The first-order valence-corrected chi connectivity index (χ1v) is 5.44. The molecule has 0 aromatic heterocycles. The standard InChI is InChI=1S/C11H21NO3/c1-11(2,3)9(4-5-13)12-7-8(14)6-10(12)15/h8-9,13-14H,4-7H2,1-3H3. The van der Waals surface area contributed by atoms with E-state index in [2.05, 4.69) is 0 Å². The number of carbonyl (C=O) groups is 1. The molecule has 1 rings (SSSR count). The fourth-order valence-corrected chi connectivity index (χ4v) is 2.19. The second-order valence-electron chi connectivity index (χ2n) is 5.30. The Labute approximate surface area is 90.9 Å². The molecule has 0 aromatic rings. The SMILES string of the molecule is CC(C)(C)C(CCO)N1CC(O)CC1=O. The van der Waals surface area contributed by atoms with Gasteiger partial charge in [-0.05, 0) is 11.8 Å². The van der Waals surface area contributed by atoms with Gasteiger partial charge in [0.25, 0.3) is 0 Å². The summed E-state index contributed by atoms with van der Waals surface area (Å²) in [5, 5.41) is 18.4. The van der Waals surface area contributed by atoms with E-state index in [1.165, 1.54) is 0 Å². The fraction of sp³-hybridized carbons (Fsp3) is 0.909. The topological polar surface area (TPSA) is 60.8 Å². The van der Waals surface area contributed by atoms with Crippen LogP contribution in [0.3, 0.4) is 0 Å². The van der Waals surface area contributed by atoms with Crippen molar-refractivity contribution in [2.45, 2.75) is 45.8 Å². The van der Waals surface area contributed by atoms with Crippen molar-refractivity contribution in [3.05, 3.63) is 0 Å². The number of hydrogen-bond donors (Lipinski definition) is 2. The Morgan fingerprint density at radius 2 is 2.13 bits per heavy atom. The molecule has 15 heavy (non-hydrogen) atoms. The smallest absolute Gasteiger partial charge is 0.225 e. The molecule has 1 fully saturated rings.